The summed E-state index contributed by atoms with van der Waals surface area (Å²) >= 11 is 6.20. The van der Waals surface area contributed by atoms with Gasteiger partial charge in [-0.1, -0.05) is 23.7 Å². The number of amides is 1. The first-order chi connectivity index (χ1) is 16.1. The lowest BCUT2D eigenvalue weighted by atomic mass is 9.75. The zero-order chi connectivity index (χ0) is 24.6. The Labute approximate surface area is 208 Å². The summed E-state index contributed by atoms with van der Waals surface area (Å²) in [5, 5.41) is 11.2. The van der Waals surface area contributed by atoms with E-state index < -0.39 is 5.60 Å². The van der Waals surface area contributed by atoms with Crippen molar-refractivity contribution in [1.29, 1.82) is 0 Å². The summed E-state index contributed by atoms with van der Waals surface area (Å²) in [5.41, 5.74) is 2.38. The van der Waals surface area contributed by atoms with Crippen LogP contribution in [0.5, 0.6) is 11.5 Å². The van der Waals surface area contributed by atoms with Crippen molar-refractivity contribution in [3.63, 3.8) is 0 Å². The lowest BCUT2D eigenvalue weighted by Gasteiger charge is -2.46. The summed E-state index contributed by atoms with van der Waals surface area (Å²) < 4.78 is 11.7. The van der Waals surface area contributed by atoms with Crippen molar-refractivity contribution in [2.24, 2.45) is 5.92 Å². The van der Waals surface area contributed by atoms with Gasteiger partial charge in [0.1, 0.15) is 0 Å². The second-order valence-corrected chi connectivity index (χ2v) is 10.9. The molecule has 1 saturated carbocycles. The predicted octanol–water partition coefficient (Wildman–Crippen LogP) is 5.94. The maximum Gasteiger partial charge on any atom is 0.228 e. The molecule has 1 aliphatic carbocycles. The van der Waals surface area contributed by atoms with Gasteiger partial charge in [0.05, 0.1) is 31.3 Å². The molecule has 0 radical (unpaired) electrons. The van der Waals surface area contributed by atoms with Gasteiger partial charge in [-0.3, -0.25) is 4.79 Å². The van der Waals surface area contributed by atoms with Crippen LogP contribution in [0.1, 0.15) is 76.1 Å². The maximum atomic E-state index is 13.6. The van der Waals surface area contributed by atoms with Gasteiger partial charge in [-0.15, -0.1) is 0 Å². The number of hydrogen-bond donors (Lipinski definition) is 1. The summed E-state index contributed by atoms with van der Waals surface area (Å²) in [4.78, 5) is 15.7. The number of carbonyl (C=O) groups excluding carboxylic acids is 1. The maximum absolute atomic E-state index is 13.6. The number of nitrogens with zero attached hydrogens (tertiary/aromatic N) is 1. The van der Waals surface area contributed by atoms with Crippen molar-refractivity contribution in [3.8, 4) is 11.5 Å². The van der Waals surface area contributed by atoms with Crippen LogP contribution in [0.25, 0.3) is 0 Å². The standard InChI is InChI=1S/C28H36ClNO4/c1-17(2)34-25-16-23-19(14-24(25)33-5)15-26(31)30(27(23)18-6-10-21(29)11-7-18)22-12-8-20(9-13-22)28(3,4)32/h6-7,10-11,14,16-17,20,22,27,32H,8-9,12-13,15H2,1-5H3/t20-,22-,27?. The minimum Gasteiger partial charge on any atom is -0.493 e. The van der Waals surface area contributed by atoms with E-state index in [4.69, 9.17) is 21.1 Å². The van der Waals surface area contributed by atoms with E-state index in [1.54, 1.807) is 7.11 Å². The quantitative estimate of drug-likeness (QED) is 0.550. The normalized spacial score (nSPS) is 23.1. The molecule has 1 aliphatic heterocycles. The Kier molecular flexibility index (Phi) is 7.16. The van der Waals surface area contributed by atoms with Crippen LogP contribution < -0.4 is 9.47 Å². The first kappa shape index (κ1) is 24.9. The molecule has 2 aromatic carbocycles. The van der Waals surface area contributed by atoms with Gasteiger partial charge >= 0.3 is 0 Å². The van der Waals surface area contributed by atoms with Crippen LogP contribution in [0.3, 0.4) is 0 Å². The lowest BCUT2D eigenvalue weighted by molar-refractivity contribution is -0.137. The van der Waals surface area contributed by atoms with Crippen molar-refractivity contribution < 1.29 is 19.4 Å². The number of aliphatic hydroxyl groups is 1. The summed E-state index contributed by atoms with van der Waals surface area (Å²) in [5.74, 6) is 1.71. The van der Waals surface area contributed by atoms with Crippen molar-refractivity contribution in [2.75, 3.05) is 7.11 Å². The van der Waals surface area contributed by atoms with Gasteiger partial charge in [0.15, 0.2) is 11.5 Å². The lowest BCUT2D eigenvalue weighted by Crippen LogP contribution is -2.49. The van der Waals surface area contributed by atoms with E-state index in [-0.39, 0.29) is 30.0 Å². The molecule has 34 heavy (non-hydrogen) atoms. The first-order valence-electron chi connectivity index (χ1n) is 12.2. The molecule has 1 atom stereocenters. The van der Waals surface area contributed by atoms with E-state index in [9.17, 15) is 9.90 Å². The number of halogens is 1. The topological polar surface area (TPSA) is 59.0 Å². The third-order valence-corrected chi connectivity index (χ3v) is 7.52. The molecule has 184 valence electrons. The number of rotatable bonds is 6. The molecule has 2 aliphatic rings. The molecular formula is C28H36ClNO4. The van der Waals surface area contributed by atoms with Crippen LogP contribution in [-0.4, -0.2) is 40.8 Å². The van der Waals surface area contributed by atoms with Gasteiger partial charge in [-0.25, -0.2) is 0 Å². The molecule has 2 aromatic rings. The van der Waals surface area contributed by atoms with Crippen LogP contribution in [0.4, 0.5) is 0 Å². The summed E-state index contributed by atoms with van der Waals surface area (Å²) in [6.45, 7) is 7.76. The second-order valence-electron chi connectivity index (χ2n) is 10.5. The summed E-state index contributed by atoms with van der Waals surface area (Å²) in [6.07, 6.45) is 3.91. The van der Waals surface area contributed by atoms with E-state index in [1.807, 2.05) is 58.0 Å². The number of benzene rings is 2. The zero-order valence-corrected chi connectivity index (χ0v) is 21.6. The zero-order valence-electron chi connectivity index (χ0n) is 20.8. The van der Waals surface area contributed by atoms with E-state index in [2.05, 4.69) is 11.0 Å². The van der Waals surface area contributed by atoms with E-state index >= 15 is 0 Å². The van der Waals surface area contributed by atoms with Crippen LogP contribution in [-0.2, 0) is 11.2 Å². The van der Waals surface area contributed by atoms with Crippen molar-refractivity contribution >= 4 is 17.5 Å². The Hall–Kier alpha value is -2.24. The number of carbonyl (C=O) groups is 1. The number of fused-ring (bicyclic) bond motifs is 1. The molecular weight excluding hydrogens is 450 g/mol. The van der Waals surface area contributed by atoms with Crippen LogP contribution in [0.2, 0.25) is 5.02 Å². The Bertz CT molecular complexity index is 1020. The van der Waals surface area contributed by atoms with Crippen molar-refractivity contribution in [2.45, 2.75) is 83.6 Å². The highest BCUT2D eigenvalue weighted by atomic mass is 35.5. The molecule has 0 spiro atoms. The van der Waals surface area contributed by atoms with Crippen LogP contribution in [0, 0.1) is 5.92 Å². The molecule has 6 heteroatoms. The van der Waals surface area contributed by atoms with Crippen molar-refractivity contribution in [1.82, 2.24) is 4.90 Å². The number of methoxy groups -OCH3 is 1. The molecule has 0 aromatic heterocycles. The van der Waals surface area contributed by atoms with Crippen LogP contribution in [0.15, 0.2) is 36.4 Å². The molecule has 0 bridgehead atoms. The summed E-state index contributed by atoms with van der Waals surface area (Å²) in [7, 11) is 1.63. The molecule has 1 amide bonds. The molecule has 1 heterocycles. The van der Waals surface area contributed by atoms with Gasteiger partial charge in [-0.2, -0.15) is 0 Å². The van der Waals surface area contributed by atoms with Gasteiger partial charge in [0.25, 0.3) is 0 Å². The Balaban J connectivity index is 1.77. The largest absolute Gasteiger partial charge is 0.493 e. The third kappa shape index (κ3) is 5.06. The average molecular weight is 486 g/mol. The van der Waals surface area contributed by atoms with E-state index in [0.717, 1.165) is 42.4 Å². The molecule has 5 nitrogen and oxygen atoms in total. The Morgan fingerprint density at radius 1 is 1.06 bits per heavy atom. The van der Waals surface area contributed by atoms with Crippen LogP contribution >= 0.6 is 11.6 Å². The molecule has 1 fully saturated rings. The smallest absolute Gasteiger partial charge is 0.228 e. The molecule has 1 N–H and O–H groups in total. The second kappa shape index (κ2) is 9.79. The highest BCUT2D eigenvalue weighted by Gasteiger charge is 2.41. The molecule has 0 saturated heterocycles. The fourth-order valence-electron chi connectivity index (χ4n) is 5.54. The van der Waals surface area contributed by atoms with E-state index in [0.29, 0.717) is 22.9 Å². The number of ether oxygens (including phenoxy) is 2. The minimum atomic E-state index is -0.696. The van der Waals surface area contributed by atoms with Gasteiger partial charge < -0.3 is 19.5 Å². The average Bonchev–Trinajstić information content (AvgIpc) is 2.78. The first-order valence-corrected chi connectivity index (χ1v) is 12.6. The van der Waals surface area contributed by atoms with E-state index in [1.165, 1.54) is 0 Å². The fraction of sp³-hybridized carbons (Fsp3) is 0.536. The SMILES string of the molecule is COc1cc2c(cc1OC(C)C)C(c1ccc(Cl)cc1)N([C@H]1CC[C@H](C(C)(C)O)CC1)C(=O)C2. The van der Waals surface area contributed by atoms with Gasteiger partial charge in [0.2, 0.25) is 5.91 Å². The highest BCUT2D eigenvalue weighted by Crippen LogP contribution is 2.45. The predicted molar refractivity (Wildman–Crippen MR) is 135 cm³/mol. The third-order valence-electron chi connectivity index (χ3n) is 7.27. The van der Waals surface area contributed by atoms with Gasteiger partial charge in [0, 0.05) is 11.1 Å². The Morgan fingerprint density at radius 3 is 2.26 bits per heavy atom. The van der Waals surface area contributed by atoms with Crippen molar-refractivity contribution in [3.05, 3.63) is 58.1 Å². The monoisotopic (exact) mass is 485 g/mol. The number of hydrogen-bond acceptors (Lipinski definition) is 4. The molecule has 1 unspecified atom stereocenters. The molecule has 4 rings (SSSR count). The minimum absolute atomic E-state index is 0.000582. The fourth-order valence-corrected chi connectivity index (χ4v) is 5.67. The summed E-state index contributed by atoms with van der Waals surface area (Å²) in [6, 6.07) is 11.7. The van der Waals surface area contributed by atoms with Gasteiger partial charge in [-0.05, 0) is 100 Å². The Morgan fingerprint density at radius 2 is 1.71 bits per heavy atom. The highest BCUT2D eigenvalue weighted by molar-refractivity contribution is 6.30.